The van der Waals surface area contributed by atoms with Crippen LogP contribution in [0.3, 0.4) is 0 Å². The van der Waals surface area contributed by atoms with Crippen LogP contribution in [0, 0.1) is 5.82 Å². The van der Waals surface area contributed by atoms with Crippen LogP contribution in [0.4, 0.5) is 10.1 Å². The van der Waals surface area contributed by atoms with Gasteiger partial charge in [0.05, 0.1) is 18.4 Å². The molecule has 0 N–H and O–H groups in total. The molecule has 0 saturated carbocycles. The maximum absolute atomic E-state index is 14.1. The van der Waals surface area contributed by atoms with E-state index in [1.54, 1.807) is 12.1 Å². The Labute approximate surface area is 133 Å². The lowest BCUT2D eigenvalue weighted by molar-refractivity contribution is 0.0600. The molecule has 1 heterocycles. The van der Waals surface area contributed by atoms with Crippen molar-refractivity contribution in [3.63, 3.8) is 0 Å². The van der Waals surface area contributed by atoms with E-state index in [0.717, 1.165) is 17.7 Å². The van der Waals surface area contributed by atoms with E-state index in [-0.39, 0.29) is 12.1 Å². The van der Waals surface area contributed by atoms with Crippen LogP contribution >= 0.6 is 0 Å². The first-order valence-electron chi connectivity index (χ1n) is 6.93. The molecule has 0 fully saturated rings. The Bertz CT molecular complexity index is 879. The molecule has 0 aromatic heterocycles. The quantitative estimate of drug-likeness (QED) is 0.808. The van der Waals surface area contributed by atoms with Crippen LogP contribution < -0.4 is 4.31 Å². The zero-order valence-electron chi connectivity index (χ0n) is 12.3. The van der Waals surface area contributed by atoms with Crippen LogP contribution in [0.2, 0.25) is 0 Å². The van der Waals surface area contributed by atoms with Crippen LogP contribution in [-0.4, -0.2) is 28.0 Å². The second-order valence-corrected chi connectivity index (χ2v) is 6.92. The van der Waals surface area contributed by atoms with Crippen LogP contribution in [0.5, 0.6) is 0 Å². The third-order valence-electron chi connectivity index (χ3n) is 3.76. The molecule has 0 atom stereocenters. The number of sulfonamides is 1. The highest BCUT2D eigenvalue weighted by atomic mass is 32.2. The first kappa shape index (κ1) is 15.5. The number of benzene rings is 2. The van der Waals surface area contributed by atoms with E-state index in [2.05, 4.69) is 4.74 Å². The third-order valence-corrected chi connectivity index (χ3v) is 5.59. The Kier molecular flexibility index (Phi) is 3.81. The number of rotatable bonds is 3. The maximum Gasteiger partial charge on any atom is 0.337 e. The number of carbonyl (C=O) groups excluding carboxylic acids is 1. The second-order valence-electron chi connectivity index (χ2n) is 5.09. The summed E-state index contributed by atoms with van der Waals surface area (Å²) in [5, 5.41) is 0. The molecular formula is C16H14FNO4S. The van der Waals surface area contributed by atoms with Crippen molar-refractivity contribution in [3.8, 4) is 0 Å². The van der Waals surface area contributed by atoms with E-state index in [0.29, 0.717) is 12.1 Å². The van der Waals surface area contributed by atoms with Crippen molar-refractivity contribution in [1.82, 2.24) is 0 Å². The monoisotopic (exact) mass is 335 g/mol. The summed E-state index contributed by atoms with van der Waals surface area (Å²) in [5.41, 5.74) is 1.41. The molecule has 0 aliphatic carbocycles. The lowest BCUT2D eigenvalue weighted by Gasteiger charge is -2.20. The van der Waals surface area contributed by atoms with E-state index in [9.17, 15) is 17.6 Å². The fourth-order valence-corrected chi connectivity index (χ4v) is 4.22. The van der Waals surface area contributed by atoms with Gasteiger partial charge in [-0.15, -0.1) is 0 Å². The first-order valence-corrected chi connectivity index (χ1v) is 8.37. The van der Waals surface area contributed by atoms with Crippen LogP contribution in [0.15, 0.2) is 47.4 Å². The summed E-state index contributed by atoms with van der Waals surface area (Å²) in [6.45, 7) is 0.240. The van der Waals surface area contributed by atoms with Gasteiger partial charge in [-0.05, 0) is 36.2 Å². The molecule has 5 nitrogen and oxygen atoms in total. The second kappa shape index (κ2) is 5.66. The highest BCUT2D eigenvalue weighted by Crippen LogP contribution is 2.33. The van der Waals surface area contributed by atoms with Gasteiger partial charge in [0.25, 0.3) is 10.0 Å². The van der Waals surface area contributed by atoms with Gasteiger partial charge in [0.1, 0.15) is 10.7 Å². The zero-order valence-corrected chi connectivity index (χ0v) is 13.1. The van der Waals surface area contributed by atoms with Crippen molar-refractivity contribution in [2.75, 3.05) is 18.0 Å². The average molecular weight is 335 g/mol. The fourth-order valence-electron chi connectivity index (χ4n) is 2.62. The minimum absolute atomic E-state index is 0.0139. The van der Waals surface area contributed by atoms with Crippen molar-refractivity contribution < 1.29 is 22.3 Å². The summed E-state index contributed by atoms with van der Waals surface area (Å²) in [7, 11) is -2.92. The SMILES string of the molecule is COC(=O)c1ccc(F)c(S(=O)(=O)N2CCc3ccccc32)c1. The topological polar surface area (TPSA) is 63.7 Å². The predicted molar refractivity (Wildman–Crippen MR) is 82.4 cm³/mol. The standard InChI is InChI=1S/C16H14FNO4S/c1-22-16(19)12-6-7-13(17)15(10-12)23(20,21)18-9-8-11-4-2-3-5-14(11)18/h2-7,10H,8-9H2,1H3. The van der Waals surface area contributed by atoms with Gasteiger partial charge in [0.2, 0.25) is 0 Å². The maximum atomic E-state index is 14.1. The van der Waals surface area contributed by atoms with Gasteiger partial charge in [-0.2, -0.15) is 0 Å². The highest BCUT2D eigenvalue weighted by Gasteiger charge is 2.33. The molecule has 1 aliphatic rings. The number of hydrogen-bond donors (Lipinski definition) is 0. The van der Waals surface area contributed by atoms with Crippen molar-refractivity contribution in [2.45, 2.75) is 11.3 Å². The van der Waals surface area contributed by atoms with E-state index in [1.165, 1.54) is 17.5 Å². The van der Waals surface area contributed by atoms with Gasteiger partial charge < -0.3 is 4.74 Å². The predicted octanol–water partition coefficient (Wildman–Crippen LogP) is 2.36. The fraction of sp³-hybridized carbons (Fsp3) is 0.188. The summed E-state index contributed by atoms with van der Waals surface area (Å²) >= 11 is 0. The number of para-hydroxylation sites is 1. The van der Waals surface area contributed by atoms with Gasteiger partial charge in [0, 0.05) is 6.54 Å². The smallest absolute Gasteiger partial charge is 0.337 e. The van der Waals surface area contributed by atoms with Crippen molar-refractivity contribution in [1.29, 1.82) is 0 Å². The minimum Gasteiger partial charge on any atom is -0.465 e. The van der Waals surface area contributed by atoms with E-state index >= 15 is 0 Å². The lowest BCUT2D eigenvalue weighted by Crippen LogP contribution is -2.30. The number of fused-ring (bicyclic) bond motifs is 1. The summed E-state index contributed by atoms with van der Waals surface area (Å²) in [4.78, 5) is 11.0. The number of anilines is 1. The van der Waals surface area contributed by atoms with Crippen LogP contribution in [0.25, 0.3) is 0 Å². The van der Waals surface area contributed by atoms with Gasteiger partial charge in [-0.25, -0.2) is 17.6 Å². The number of halogens is 1. The van der Waals surface area contributed by atoms with Crippen LogP contribution in [-0.2, 0) is 21.2 Å². The van der Waals surface area contributed by atoms with Crippen LogP contribution in [0.1, 0.15) is 15.9 Å². The first-order chi connectivity index (χ1) is 10.9. The van der Waals surface area contributed by atoms with Crippen molar-refractivity contribution >= 4 is 21.7 Å². The van der Waals surface area contributed by atoms with Gasteiger partial charge in [-0.3, -0.25) is 4.31 Å². The highest BCUT2D eigenvalue weighted by molar-refractivity contribution is 7.92. The molecule has 0 unspecified atom stereocenters. The molecule has 0 amide bonds. The molecule has 1 aliphatic heterocycles. The van der Waals surface area contributed by atoms with Gasteiger partial charge in [-0.1, -0.05) is 18.2 Å². The Morgan fingerprint density at radius 1 is 1.22 bits per heavy atom. The Hall–Kier alpha value is -2.41. The molecule has 0 spiro atoms. The number of hydrogen-bond acceptors (Lipinski definition) is 4. The van der Waals surface area contributed by atoms with E-state index < -0.39 is 26.7 Å². The minimum atomic E-state index is -4.10. The number of ether oxygens (including phenoxy) is 1. The summed E-state index contributed by atoms with van der Waals surface area (Å²) < 4.78 is 45.5. The van der Waals surface area contributed by atoms with Crippen molar-refractivity contribution in [3.05, 3.63) is 59.4 Å². The molecule has 7 heteroatoms. The molecule has 0 radical (unpaired) electrons. The Balaban J connectivity index is 2.09. The van der Waals surface area contributed by atoms with Gasteiger partial charge in [0.15, 0.2) is 0 Å². The number of nitrogens with zero attached hydrogens (tertiary/aromatic N) is 1. The molecule has 3 rings (SSSR count). The average Bonchev–Trinajstić information content (AvgIpc) is 2.99. The molecule has 2 aromatic carbocycles. The molecule has 0 saturated heterocycles. The normalized spacial score (nSPS) is 13.7. The Morgan fingerprint density at radius 3 is 2.70 bits per heavy atom. The molecule has 23 heavy (non-hydrogen) atoms. The van der Waals surface area contributed by atoms with Crippen molar-refractivity contribution in [2.24, 2.45) is 0 Å². The van der Waals surface area contributed by atoms with Gasteiger partial charge >= 0.3 is 5.97 Å². The molecule has 120 valence electrons. The Morgan fingerprint density at radius 2 is 1.96 bits per heavy atom. The molecular weight excluding hydrogens is 321 g/mol. The number of methoxy groups -OCH3 is 1. The summed E-state index contributed by atoms with van der Waals surface area (Å²) in [5.74, 6) is -1.62. The number of carbonyl (C=O) groups is 1. The van der Waals surface area contributed by atoms with E-state index in [1.807, 2.05) is 12.1 Å². The molecule has 2 aromatic rings. The zero-order chi connectivity index (χ0) is 16.6. The number of esters is 1. The summed E-state index contributed by atoms with van der Waals surface area (Å²) in [6, 6.07) is 10.2. The molecule has 0 bridgehead atoms. The lowest BCUT2D eigenvalue weighted by atomic mass is 10.2. The summed E-state index contributed by atoms with van der Waals surface area (Å²) in [6.07, 6.45) is 0.563. The largest absolute Gasteiger partial charge is 0.465 e. The third kappa shape index (κ3) is 2.57. The van der Waals surface area contributed by atoms with E-state index in [4.69, 9.17) is 0 Å².